The molecule has 31 heavy (non-hydrogen) atoms. The Balaban J connectivity index is 1.44. The van der Waals surface area contributed by atoms with Gasteiger partial charge in [0.25, 0.3) is 5.91 Å². The topological polar surface area (TPSA) is 79.4 Å². The number of sulfonamides is 1. The van der Waals surface area contributed by atoms with Crippen LogP contribution >= 0.6 is 22.7 Å². The summed E-state index contributed by atoms with van der Waals surface area (Å²) < 4.78 is 27.0. The summed E-state index contributed by atoms with van der Waals surface area (Å²) in [6.07, 6.45) is 0. The molecule has 0 aliphatic heterocycles. The molecule has 0 bridgehead atoms. The number of carbonyl (C=O) groups excluding carboxylic acids is 1. The second kappa shape index (κ2) is 9.11. The van der Waals surface area contributed by atoms with Crippen molar-refractivity contribution in [3.8, 4) is 10.6 Å². The van der Waals surface area contributed by atoms with Gasteiger partial charge in [0, 0.05) is 24.5 Å². The molecule has 2 aromatic carbocycles. The van der Waals surface area contributed by atoms with Crippen LogP contribution in [0.15, 0.2) is 82.4 Å². The highest BCUT2D eigenvalue weighted by Crippen LogP contribution is 2.28. The van der Waals surface area contributed by atoms with Crippen molar-refractivity contribution in [2.24, 2.45) is 0 Å². The third-order valence-corrected chi connectivity index (χ3v) is 8.04. The Morgan fingerprint density at radius 3 is 2.42 bits per heavy atom. The molecule has 4 aromatic rings. The van der Waals surface area contributed by atoms with Gasteiger partial charge in [-0.15, -0.1) is 22.7 Å². The monoisotopic (exact) mass is 469 g/mol. The molecule has 0 unspecified atom stereocenters. The van der Waals surface area contributed by atoms with E-state index in [0.29, 0.717) is 10.7 Å². The van der Waals surface area contributed by atoms with E-state index in [9.17, 15) is 13.2 Å². The van der Waals surface area contributed by atoms with Gasteiger partial charge in [0.1, 0.15) is 0 Å². The number of hydrogen-bond acceptors (Lipinski definition) is 6. The molecule has 0 fully saturated rings. The van der Waals surface area contributed by atoms with Crippen LogP contribution in [0.3, 0.4) is 0 Å². The van der Waals surface area contributed by atoms with Crippen LogP contribution in [0.4, 0.5) is 5.13 Å². The van der Waals surface area contributed by atoms with Gasteiger partial charge >= 0.3 is 0 Å². The van der Waals surface area contributed by atoms with Gasteiger partial charge in [0.2, 0.25) is 10.0 Å². The first-order chi connectivity index (χ1) is 14.9. The Labute approximate surface area is 188 Å². The van der Waals surface area contributed by atoms with Gasteiger partial charge in [-0.3, -0.25) is 10.1 Å². The van der Waals surface area contributed by atoms with Crippen molar-refractivity contribution >= 4 is 43.7 Å². The SMILES string of the molecule is CN(Cc1ccccc1)S(=O)(=O)c1ccc(C(=O)Nc2nc(-c3cccs3)cs2)cc1. The number of hydrogen-bond donors (Lipinski definition) is 1. The molecule has 0 saturated carbocycles. The third kappa shape index (κ3) is 4.91. The fraction of sp³-hybridized carbons (Fsp3) is 0.0909. The molecule has 2 aromatic heterocycles. The quantitative estimate of drug-likeness (QED) is 0.416. The molecular formula is C22H19N3O3S3. The summed E-state index contributed by atoms with van der Waals surface area (Å²) in [4.78, 5) is 18.1. The Kier molecular flexibility index (Phi) is 6.28. The Morgan fingerprint density at radius 2 is 1.74 bits per heavy atom. The minimum Gasteiger partial charge on any atom is -0.298 e. The zero-order chi connectivity index (χ0) is 21.8. The van der Waals surface area contributed by atoms with Gasteiger partial charge < -0.3 is 0 Å². The molecule has 0 aliphatic rings. The number of benzene rings is 2. The van der Waals surface area contributed by atoms with Crippen LogP contribution in [0, 0.1) is 0 Å². The lowest BCUT2D eigenvalue weighted by Crippen LogP contribution is -2.26. The predicted octanol–water partition coefficient (Wildman–Crippen LogP) is 4.94. The molecule has 0 aliphatic carbocycles. The van der Waals surface area contributed by atoms with Gasteiger partial charge in [-0.1, -0.05) is 36.4 Å². The molecule has 4 rings (SSSR count). The van der Waals surface area contributed by atoms with Gasteiger partial charge in [-0.25, -0.2) is 13.4 Å². The Morgan fingerprint density at radius 1 is 1.00 bits per heavy atom. The van der Waals surface area contributed by atoms with E-state index in [1.54, 1.807) is 11.3 Å². The van der Waals surface area contributed by atoms with Crippen molar-refractivity contribution < 1.29 is 13.2 Å². The summed E-state index contributed by atoms with van der Waals surface area (Å²) in [5.74, 6) is -0.339. The fourth-order valence-electron chi connectivity index (χ4n) is 2.92. The van der Waals surface area contributed by atoms with Crippen molar-refractivity contribution in [1.29, 1.82) is 0 Å². The molecule has 0 atom stereocenters. The molecule has 6 nitrogen and oxygen atoms in total. The normalized spacial score (nSPS) is 11.5. The van der Waals surface area contributed by atoms with Crippen LogP contribution < -0.4 is 5.32 Å². The number of amides is 1. The molecule has 9 heteroatoms. The zero-order valence-corrected chi connectivity index (χ0v) is 19.0. The molecule has 2 heterocycles. The lowest BCUT2D eigenvalue weighted by Gasteiger charge is -2.17. The Bertz CT molecular complexity index is 1270. The van der Waals surface area contributed by atoms with Crippen LogP contribution in [-0.2, 0) is 16.6 Å². The van der Waals surface area contributed by atoms with Crippen LogP contribution in [0.2, 0.25) is 0 Å². The van der Waals surface area contributed by atoms with Crippen LogP contribution in [-0.4, -0.2) is 30.7 Å². The third-order valence-electron chi connectivity index (χ3n) is 4.57. The number of carbonyl (C=O) groups is 1. The Hall–Kier alpha value is -2.85. The number of nitrogens with zero attached hydrogens (tertiary/aromatic N) is 2. The lowest BCUT2D eigenvalue weighted by atomic mass is 10.2. The van der Waals surface area contributed by atoms with Gasteiger partial charge in [0.05, 0.1) is 15.5 Å². The summed E-state index contributed by atoms with van der Waals surface area (Å²) >= 11 is 2.93. The number of thiazole rings is 1. The largest absolute Gasteiger partial charge is 0.298 e. The molecule has 1 N–H and O–H groups in total. The molecule has 158 valence electrons. The average molecular weight is 470 g/mol. The molecule has 0 radical (unpaired) electrons. The van der Waals surface area contributed by atoms with E-state index in [4.69, 9.17) is 0 Å². The second-order valence-corrected chi connectivity index (χ2v) is 10.6. The maximum absolute atomic E-state index is 12.8. The van der Waals surface area contributed by atoms with E-state index < -0.39 is 10.0 Å². The second-order valence-electron chi connectivity index (χ2n) is 6.74. The highest BCUT2D eigenvalue weighted by molar-refractivity contribution is 7.89. The first-order valence-electron chi connectivity index (χ1n) is 9.34. The number of nitrogens with one attached hydrogen (secondary N) is 1. The first kappa shape index (κ1) is 21.4. The standard InChI is InChI=1S/C22H19N3O3S3/c1-25(14-16-6-3-2-4-7-16)31(27,28)18-11-9-17(10-12-18)21(26)24-22-23-19(15-30-22)20-8-5-13-29-20/h2-13,15H,14H2,1H3,(H,23,24,26). The van der Waals surface area contributed by atoms with Crippen molar-refractivity contribution in [1.82, 2.24) is 9.29 Å². The van der Waals surface area contributed by atoms with Crippen molar-refractivity contribution in [2.75, 3.05) is 12.4 Å². The summed E-state index contributed by atoms with van der Waals surface area (Å²) in [6.45, 7) is 0.266. The van der Waals surface area contributed by atoms with Gasteiger partial charge in [0.15, 0.2) is 5.13 Å². The molecule has 0 spiro atoms. The first-order valence-corrected chi connectivity index (χ1v) is 12.5. The number of rotatable bonds is 7. The maximum atomic E-state index is 12.8. The summed E-state index contributed by atoms with van der Waals surface area (Å²) in [5, 5.41) is 7.12. The van der Waals surface area contributed by atoms with Crippen LogP contribution in [0.25, 0.3) is 10.6 Å². The van der Waals surface area contributed by atoms with Crippen molar-refractivity contribution in [3.05, 3.63) is 88.6 Å². The zero-order valence-electron chi connectivity index (χ0n) is 16.6. The predicted molar refractivity (Wildman–Crippen MR) is 125 cm³/mol. The average Bonchev–Trinajstić information content (AvgIpc) is 3.46. The van der Waals surface area contributed by atoms with Crippen molar-refractivity contribution in [3.63, 3.8) is 0 Å². The number of thiophene rings is 1. The van der Waals surface area contributed by atoms with Crippen molar-refractivity contribution in [2.45, 2.75) is 11.4 Å². The van der Waals surface area contributed by atoms with Crippen LogP contribution in [0.5, 0.6) is 0 Å². The molecular weight excluding hydrogens is 450 g/mol. The minimum atomic E-state index is -3.67. The highest BCUT2D eigenvalue weighted by atomic mass is 32.2. The molecule has 1 amide bonds. The van der Waals surface area contributed by atoms with Crippen LogP contribution in [0.1, 0.15) is 15.9 Å². The van der Waals surface area contributed by atoms with E-state index in [-0.39, 0.29) is 17.3 Å². The lowest BCUT2D eigenvalue weighted by molar-refractivity contribution is 0.102. The summed E-state index contributed by atoms with van der Waals surface area (Å²) in [6, 6.07) is 19.2. The van der Waals surface area contributed by atoms with E-state index in [1.807, 2.05) is 53.2 Å². The maximum Gasteiger partial charge on any atom is 0.257 e. The van der Waals surface area contributed by atoms with E-state index in [2.05, 4.69) is 10.3 Å². The van der Waals surface area contributed by atoms with E-state index in [0.717, 1.165) is 16.1 Å². The minimum absolute atomic E-state index is 0.136. The fourth-order valence-corrected chi connectivity index (χ4v) is 5.55. The smallest absolute Gasteiger partial charge is 0.257 e. The summed E-state index contributed by atoms with van der Waals surface area (Å²) in [7, 11) is -2.13. The van der Waals surface area contributed by atoms with E-state index >= 15 is 0 Å². The molecule has 0 saturated heterocycles. The number of anilines is 1. The van der Waals surface area contributed by atoms with E-state index in [1.165, 1.54) is 47.0 Å². The van der Waals surface area contributed by atoms with Gasteiger partial charge in [-0.05, 0) is 41.3 Å². The highest BCUT2D eigenvalue weighted by Gasteiger charge is 2.21. The van der Waals surface area contributed by atoms with Gasteiger partial charge in [-0.2, -0.15) is 4.31 Å². The summed E-state index contributed by atoms with van der Waals surface area (Å²) in [5.41, 5.74) is 2.07. The number of aromatic nitrogens is 1.